The van der Waals surface area contributed by atoms with E-state index in [0.717, 1.165) is 68.8 Å². The molecule has 3 aliphatic heterocycles. The van der Waals surface area contributed by atoms with Crippen LogP contribution < -0.4 is 10.7 Å². The molecular weight excluding hydrogens is 602 g/mol. The monoisotopic (exact) mass is 642 g/mol. The lowest BCUT2D eigenvalue weighted by molar-refractivity contribution is 0.0342. The normalized spacial score (nSPS) is 20.2. The van der Waals surface area contributed by atoms with Gasteiger partial charge in [-0.3, -0.25) is 9.59 Å². The summed E-state index contributed by atoms with van der Waals surface area (Å²) in [5, 5.41) is 8.58. The predicted octanol–water partition coefficient (Wildman–Crippen LogP) is 5.93. The molecule has 7 rings (SSSR count). The largest absolute Gasteiger partial charge is 0.359 e. The summed E-state index contributed by atoms with van der Waals surface area (Å²) >= 11 is 0. The van der Waals surface area contributed by atoms with Crippen LogP contribution in [0.15, 0.2) is 60.8 Å². The zero-order valence-electron chi connectivity index (χ0n) is 26.4. The maximum atomic E-state index is 14.2. The number of carbonyl (C=O) groups is 2. The van der Waals surface area contributed by atoms with Crippen LogP contribution in [0.4, 0.5) is 14.5 Å². The molecule has 1 unspecified atom stereocenters. The van der Waals surface area contributed by atoms with Crippen LogP contribution in [0.3, 0.4) is 0 Å². The van der Waals surface area contributed by atoms with Gasteiger partial charge in [0.05, 0.1) is 28.5 Å². The first-order chi connectivity index (χ1) is 22.9. The Morgan fingerprint density at radius 3 is 2.47 bits per heavy atom. The molecule has 3 aromatic carbocycles. The van der Waals surface area contributed by atoms with Gasteiger partial charge in [-0.25, -0.2) is 14.2 Å². The highest BCUT2D eigenvalue weighted by Gasteiger charge is 2.34. The van der Waals surface area contributed by atoms with Gasteiger partial charge in [-0.15, -0.1) is 0 Å². The van der Waals surface area contributed by atoms with E-state index in [9.17, 15) is 18.4 Å². The van der Waals surface area contributed by atoms with E-state index in [-0.39, 0.29) is 18.2 Å². The van der Waals surface area contributed by atoms with Crippen molar-refractivity contribution in [3.05, 3.63) is 94.7 Å². The number of anilines is 1. The summed E-state index contributed by atoms with van der Waals surface area (Å²) in [6.45, 7) is 4.36. The van der Waals surface area contributed by atoms with Crippen molar-refractivity contribution in [2.45, 2.75) is 63.6 Å². The Labute approximate surface area is 272 Å². The highest BCUT2D eigenvalue weighted by Crippen LogP contribution is 2.30. The van der Waals surface area contributed by atoms with E-state index in [1.807, 2.05) is 23.1 Å². The van der Waals surface area contributed by atoms with E-state index in [0.29, 0.717) is 47.5 Å². The molecule has 4 aromatic rings. The molecule has 246 valence electrons. The van der Waals surface area contributed by atoms with Gasteiger partial charge in [-0.2, -0.15) is 9.89 Å². The molecule has 2 amide bonds. The number of fused-ring (bicyclic) bond motifs is 1. The van der Waals surface area contributed by atoms with Gasteiger partial charge >= 0.3 is 0 Å². The number of nitrogens with zero attached hydrogens (tertiary/aromatic N) is 4. The number of hydrogen-bond acceptors (Lipinski definition) is 6. The molecule has 1 aromatic heterocycles. The molecule has 0 spiro atoms. The SMILES string of the molecule is O=C(Nn1ncc2cc(Cc3cc(F)cc(F)c3)ccc21)c1cccc(C(=O)N2CCC[C@H]2CN2CCCC2)c1NC1CCCCO1. The number of aromatic nitrogens is 2. The number of para-hydroxylation sites is 1. The van der Waals surface area contributed by atoms with Gasteiger partial charge in [0.25, 0.3) is 11.8 Å². The molecule has 2 atom stereocenters. The third kappa shape index (κ3) is 7.01. The number of rotatable bonds is 9. The zero-order chi connectivity index (χ0) is 32.3. The minimum atomic E-state index is -0.617. The first-order valence-corrected chi connectivity index (χ1v) is 16.7. The van der Waals surface area contributed by atoms with E-state index in [2.05, 4.69) is 20.7 Å². The van der Waals surface area contributed by atoms with Crippen LogP contribution in [0.5, 0.6) is 0 Å². The number of nitrogens with one attached hydrogen (secondary N) is 2. The van der Waals surface area contributed by atoms with E-state index < -0.39 is 17.5 Å². The van der Waals surface area contributed by atoms with Crippen LogP contribution in [-0.4, -0.2) is 76.6 Å². The quantitative estimate of drug-likeness (QED) is 0.235. The average Bonchev–Trinajstić information content (AvgIpc) is 3.83. The van der Waals surface area contributed by atoms with Gasteiger partial charge in [0, 0.05) is 37.2 Å². The van der Waals surface area contributed by atoms with E-state index >= 15 is 0 Å². The lowest BCUT2D eigenvalue weighted by atomic mass is 10.0. The number of ether oxygens (including phenoxy) is 1. The topological polar surface area (TPSA) is 91.7 Å². The van der Waals surface area contributed by atoms with Crippen LogP contribution >= 0.6 is 0 Å². The number of likely N-dealkylation sites (tertiary alicyclic amines) is 2. The second-order valence-corrected chi connectivity index (χ2v) is 12.9. The Hall–Kier alpha value is -4.35. The minimum absolute atomic E-state index is 0.0742. The van der Waals surface area contributed by atoms with Gasteiger partial charge in [0.2, 0.25) is 0 Å². The number of benzene rings is 3. The smallest absolute Gasteiger partial charge is 0.273 e. The van der Waals surface area contributed by atoms with Crippen LogP contribution in [0.1, 0.15) is 76.8 Å². The fourth-order valence-electron chi connectivity index (χ4n) is 7.19. The summed E-state index contributed by atoms with van der Waals surface area (Å²) < 4.78 is 33.4. The molecule has 0 saturated carbocycles. The Morgan fingerprint density at radius 1 is 0.872 bits per heavy atom. The van der Waals surface area contributed by atoms with Gasteiger partial charge in [-0.05, 0) is 112 Å². The van der Waals surface area contributed by atoms with Crippen molar-refractivity contribution in [1.29, 1.82) is 0 Å². The van der Waals surface area contributed by atoms with Crippen molar-refractivity contribution in [3.63, 3.8) is 0 Å². The molecule has 47 heavy (non-hydrogen) atoms. The summed E-state index contributed by atoms with van der Waals surface area (Å²) in [7, 11) is 0. The number of amides is 2. The zero-order valence-corrected chi connectivity index (χ0v) is 26.4. The molecule has 2 N–H and O–H groups in total. The molecule has 0 aliphatic carbocycles. The molecule has 4 heterocycles. The summed E-state index contributed by atoms with van der Waals surface area (Å²) in [5.41, 5.74) is 6.18. The van der Waals surface area contributed by atoms with Gasteiger partial charge in [0.15, 0.2) is 0 Å². The molecular formula is C36H40F2N6O3. The number of carbonyl (C=O) groups excluding carboxylic acids is 2. The third-order valence-corrected chi connectivity index (χ3v) is 9.50. The standard InChI is InChI=1S/C36H40F2N6O3/c37-27-19-25(20-28(38)21-27)17-24-11-12-32-26(18-24)22-39-44(32)41-35(45)30-8-5-9-31(34(30)40-33-10-1-4-16-47-33)36(46)43-15-6-7-29(43)23-42-13-2-3-14-42/h5,8-9,11-12,18-22,29,33,40H,1-4,6-7,10,13-17,23H2,(H,41,45)/t29-,33?/m0/s1. The van der Waals surface area contributed by atoms with Crippen molar-refractivity contribution in [1.82, 2.24) is 19.7 Å². The highest BCUT2D eigenvalue weighted by molar-refractivity contribution is 6.10. The van der Waals surface area contributed by atoms with Crippen molar-refractivity contribution in [3.8, 4) is 0 Å². The summed E-state index contributed by atoms with van der Waals surface area (Å²) in [4.78, 5) is 34.0. The van der Waals surface area contributed by atoms with Crippen molar-refractivity contribution in [2.75, 3.05) is 43.5 Å². The highest BCUT2D eigenvalue weighted by atomic mass is 19.1. The summed E-state index contributed by atoms with van der Waals surface area (Å²) in [6.07, 6.45) is 8.77. The number of halogens is 2. The van der Waals surface area contributed by atoms with Gasteiger partial charge < -0.3 is 19.9 Å². The average molecular weight is 643 g/mol. The molecule has 3 fully saturated rings. The van der Waals surface area contributed by atoms with Crippen LogP contribution in [-0.2, 0) is 11.2 Å². The third-order valence-electron chi connectivity index (χ3n) is 9.50. The van der Waals surface area contributed by atoms with Crippen LogP contribution in [0.25, 0.3) is 10.9 Å². The van der Waals surface area contributed by atoms with Gasteiger partial charge in [0.1, 0.15) is 17.9 Å². The molecule has 0 bridgehead atoms. The second kappa shape index (κ2) is 13.8. The number of hydrogen-bond donors (Lipinski definition) is 2. The molecule has 3 aliphatic rings. The maximum absolute atomic E-state index is 14.2. The van der Waals surface area contributed by atoms with E-state index in [4.69, 9.17) is 4.74 Å². The van der Waals surface area contributed by atoms with Crippen LogP contribution in [0.2, 0.25) is 0 Å². The molecule has 0 radical (unpaired) electrons. The Balaban J connectivity index is 1.14. The molecule has 11 heteroatoms. The Morgan fingerprint density at radius 2 is 1.68 bits per heavy atom. The predicted molar refractivity (Wildman–Crippen MR) is 176 cm³/mol. The summed E-state index contributed by atoms with van der Waals surface area (Å²) in [6, 6.07) is 14.4. The fourth-order valence-corrected chi connectivity index (χ4v) is 7.19. The summed E-state index contributed by atoms with van der Waals surface area (Å²) in [5.74, 6) is -1.73. The fraction of sp³-hybridized carbons (Fsp3) is 0.417. The molecule has 9 nitrogen and oxygen atoms in total. The first kappa shape index (κ1) is 31.3. The van der Waals surface area contributed by atoms with Crippen molar-refractivity contribution in [2.24, 2.45) is 0 Å². The lowest BCUT2D eigenvalue weighted by Gasteiger charge is -2.31. The minimum Gasteiger partial charge on any atom is -0.359 e. The molecule has 3 saturated heterocycles. The maximum Gasteiger partial charge on any atom is 0.273 e. The van der Waals surface area contributed by atoms with Gasteiger partial charge in [-0.1, -0.05) is 12.1 Å². The second-order valence-electron chi connectivity index (χ2n) is 12.9. The Bertz CT molecular complexity index is 1740. The van der Waals surface area contributed by atoms with E-state index in [1.54, 1.807) is 24.4 Å². The van der Waals surface area contributed by atoms with Crippen LogP contribution in [0, 0.1) is 11.6 Å². The Kier molecular flexibility index (Phi) is 9.17. The van der Waals surface area contributed by atoms with Crippen molar-refractivity contribution < 1.29 is 23.1 Å². The van der Waals surface area contributed by atoms with E-state index in [1.165, 1.54) is 29.8 Å². The van der Waals surface area contributed by atoms with Crippen molar-refractivity contribution >= 4 is 28.4 Å². The first-order valence-electron chi connectivity index (χ1n) is 16.7. The lowest BCUT2D eigenvalue weighted by Crippen LogP contribution is -2.43.